The summed E-state index contributed by atoms with van der Waals surface area (Å²) in [4.78, 5) is 24.1. The van der Waals surface area contributed by atoms with Crippen LogP contribution in [0.2, 0.25) is 0 Å². The van der Waals surface area contributed by atoms with Crippen LogP contribution < -0.4 is 16.0 Å². The Morgan fingerprint density at radius 1 is 0.962 bits per heavy atom. The maximum absolute atomic E-state index is 13.6. The molecule has 0 aromatic heterocycles. The van der Waals surface area contributed by atoms with Crippen molar-refractivity contribution in [3.8, 4) is 0 Å². The van der Waals surface area contributed by atoms with E-state index in [1.807, 2.05) is 20.8 Å². The van der Waals surface area contributed by atoms with Crippen molar-refractivity contribution in [1.82, 2.24) is 5.32 Å². The molecule has 0 saturated heterocycles. The first-order valence-corrected chi connectivity index (χ1v) is 8.36. The average molecular weight is 373 g/mol. The van der Waals surface area contributed by atoms with Crippen molar-refractivity contribution < 1.29 is 14.0 Å². The van der Waals surface area contributed by atoms with E-state index in [1.165, 1.54) is 18.2 Å². The molecule has 0 aliphatic heterocycles. The normalized spacial score (nSPS) is 10.8. The van der Waals surface area contributed by atoms with Crippen LogP contribution in [-0.2, 0) is 4.79 Å². The highest BCUT2D eigenvalue weighted by atomic mass is 32.1. The Bertz CT molecular complexity index is 847. The van der Waals surface area contributed by atoms with Gasteiger partial charge in [0.15, 0.2) is 5.11 Å². The lowest BCUT2D eigenvalue weighted by molar-refractivity contribution is -0.123. The molecule has 0 spiro atoms. The van der Waals surface area contributed by atoms with Gasteiger partial charge in [-0.05, 0) is 42.5 Å². The number of hydrogen-bond acceptors (Lipinski definition) is 3. The third-order valence-electron chi connectivity index (χ3n) is 3.41. The van der Waals surface area contributed by atoms with E-state index in [-0.39, 0.29) is 16.6 Å². The molecular formula is C19H20FN3O2S. The van der Waals surface area contributed by atoms with Crippen molar-refractivity contribution in [3.63, 3.8) is 0 Å². The van der Waals surface area contributed by atoms with Crippen LogP contribution in [0.25, 0.3) is 0 Å². The van der Waals surface area contributed by atoms with Crippen LogP contribution in [0.5, 0.6) is 0 Å². The molecule has 0 fully saturated rings. The Morgan fingerprint density at radius 2 is 1.58 bits per heavy atom. The zero-order valence-electron chi connectivity index (χ0n) is 14.7. The molecule has 0 bridgehead atoms. The van der Waals surface area contributed by atoms with Gasteiger partial charge in [0.2, 0.25) is 5.91 Å². The molecule has 0 heterocycles. The summed E-state index contributed by atoms with van der Waals surface area (Å²) in [5.74, 6) is -1.39. The van der Waals surface area contributed by atoms with Crippen molar-refractivity contribution in [2.45, 2.75) is 20.8 Å². The number of halogens is 1. The Balaban J connectivity index is 2.01. The second-order valence-electron chi connectivity index (χ2n) is 6.67. The monoisotopic (exact) mass is 373 g/mol. The number of anilines is 2. The van der Waals surface area contributed by atoms with Gasteiger partial charge in [0.25, 0.3) is 5.91 Å². The first kappa shape index (κ1) is 19.5. The lowest BCUT2D eigenvalue weighted by atomic mass is 9.95. The minimum absolute atomic E-state index is 0.0255. The van der Waals surface area contributed by atoms with Crippen LogP contribution in [0.15, 0.2) is 48.5 Å². The lowest BCUT2D eigenvalue weighted by Gasteiger charge is -2.18. The maximum atomic E-state index is 13.6. The van der Waals surface area contributed by atoms with Gasteiger partial charge in [-0.25, -0.2) is 4.39 Å². The number of carbonyl (C=O) groups excluding carboxylic acids is 2. The van der Waals surface area contributed by atoms with Crippen molar-refractivity contribution in [3.05, 3.63) is 59.9 Å². The third kappa shape index (κ3) is 5.35. The van der Waals surface area contributed by atoms with Gasteiger partial charge in [-0.2, -0.15) is 0 Å². The molecule has 2 aromatic carbocycles. The first-order chi connectivity index (χ1) is 12.2. The van der Waals surface area contributed by atoms with Gasteiger partial charge in [0.1, 0.15) is 5.82 Å². The quantitative estimate of drug-likeness (QED) is 0.713. The second-order valence-corrected chi connectivity index (χ2v) is 7.08. The molecule has 5 nitrogen and oxygen atoms in total. The highest BCUT2D eigenvalue weighted by Gasteiger charge is 2.21. The molecule has 0 unspecified atom stereocenters. The summed E-state index contributed by atoms with van der Waals surface area (Å²) in [6.07, 6.45) is 0. The van der Waals surface area contributed by atoms with Gasteiger partial charge in [-0.15, -0.1) is 0 Å². The minimum Gasteiger partial charge on any atom is -0.332 e. The summed E-state index contributed by atoms with van der Waals surface area (Å²) >= 11 is 5.09. The van der Waals surface area contributed by atoms with E-state index in [2.05, 4.69) is 16.0 Å². The van der Waals surface area contributed by atoms with Gasteiger partial charge in [-0.3, -0.25) is 14.9 Å². The molecule has 136 valence electrons. The minimum atomic E-state index is -0.641. The standard InChI is InChI=1S/C19H20FN3O2S/c1-19(2,3)17(25)21-12-7-6-8-13(11-12)22-18(26)23-16(24)14-9-4-5-10-15(14)20/h4-11H,1-3H3,(H,21,25)(H2,22,23,24,26). The molecule has 2 rings (SSSR count). The molecule has 3 N–H and O–H groups in total. The van der Waals surface area contributed by atoms with Crippen LogP contribution in [-0.4, -0.2) is 16.9 Å². The van der Waals surface area contributed by atoms with Crippen molar-refractivity contribution in [1.29, 1.82) is 0 Å². The molecule has 7 heteroatoms. The summed E-state index contributed by atoms with van der Waals surface area (Å²) in [5, 5.41) is 8.10. The maximum Gasteiger partial charge on any atom is 0.260 e. The number of thiocarbonyl (C=S) groups is 1. The van der Waals surface area contributed by atoms with Crippen molar-refractivity contribution in [2.75, 3.05) is 10.6 Å². The number of nitrogens with one attached hydrogen (secondary N) is 3. The van der Waals surface area contributed by atoms with E-state index in [9.17, 15) is 14.0 Å². The zero-order valence-corrected chi connectivity index (χ0v) is 15.5. The highest BCUT2D eigenvalue weighted by Crippen LogP contribution is 2.20. The smallest absolute Gasteiger partial charge is 0.260 e. The van der Waals surface area contributed by atoms with Gasteiger partial charge in [0.05, 0.1) is 5.56 Å². The number of hydrogen-bond donors (Lipinski definition) is 3. The zero-order chi connectivity index (χ0) is 19.3. The van der Waals surface area contributed by atoms with Crippen LogP contribution in [0.4, 0.5) is 15.8 Å². The molecule has 0 atom stereocenters. The van der Waals surface area contributed by atoms with Crippen LogP contribution in [0.3, 0.4) is 0 Å². The molecular weight excluding hydrogens is 353 g/mol. The molecule has 0 saturated carbocycles. The Labute approximate surface area is 157 Å². The Hall–Kier alpha value is -2.80. The van der Waals surface area contributed by atoms with Crippen molar-refractivity contribution in [2.24, 2.45) is 5.41 Å². The van der Waals surface area contributed by atoms with E-state index in [0.717, 1.165) is 0 Å². The topological polar surface area (TPSA) is 70.2 Å². The summed E-state index contributed by atoms with van der Waals surface area (Å²) < 4.78 is 13.6. The molecule has 26 heavy (non-hydrogen) atoms. The van der Waals surface area contributed by atoms with Gasteiger partial charge in [-0.1, -0.05) is 39.0 Å². The van der Waals surface area contributed by atoms with Crippen LogP contribution in [0, 0.1) is 11.2 Å². The lowest BCUT2D eigenvalue weighted by Crippen LogP contribution is -2.34. The summed E-state index contributed by atoms with van der Waals surface area (Å²) in [6.45, 7) is 5.45. The van der Waals surface area contributed by atoms with E-state index in [1.54, 1.807) is 30.3 Å². The van der Waals surface area contributed by atoms with E-state index < -0.39 is 17.1 Å². The molecule has 0 aliphatic carbocycles. The van der Waals surface area contributed by atoms with Crippen LogP contribution in [0.1, 0.15) is 31.1 Å². The van der Waals surface area contributed by atoms with Crippen LogP contribution >= 0.6 is 12.2 Å². The number of amides is 2. The Morgan fingerprint density at radius 3 is 2.19 bits per heavy atom. The van der Waals surface area contributed by atoms with Gasteiger partial charge in [0, 0.05) is 16.8 Å². The predicted octanol–water partition coefficient (Wildman–Crippen LogP) is 3.94. The third-order valence-corrected chi connectivity index (χ3v) is 3.61. The SMILES string of the molecule is CC(C)(C)C(=O)Nc1cccc(NC(=S)NC(=O)c2ccccc2F)c1. The molecule has 2 amide bonds. The summed E-state index contributed by atoms with van der Waals surface area (Å²) in [5.41, 5.74) is 0.559. The van der Waals surface area contributed by atoms with E-state index in [4.69, 9.17) is 12.2 Å². The number of rotatable bonds is 3. The largest absolute Gasteiger partial charge is 0.332 e. The summed E-state index contributed by atoms with van der Waals surface area (Å²) in [7, 11) is 0. The van der Waals surface area contributed by atoms with Crippen molar-refractivity contribution >= 4 is 40.5 Å². The molecule has 0 radical (unpaired) electrons. The predicted molar refractivity (Wildman–Crippen MR) is 105 cm³/mol. The van der Waals surface area contributed by atoms with Gasteiger partial charge < -0.3 is 10.6 Å². The fourth-order valence-electron chi connectivity index (χ4n) is 1.97. The van der Waals surface area contributed by atoms with Gasteiger partial charge >= 0.3 is 0 Å². The number of carbonyl (C=O) groups is 2. The molecule has 0 aliphatic rings. The van der Waals surface area contributed by atoms with E-state index >= 15 is 0 Å². The highest BCUT2D eigenvalue weighted by molar-refractivity contribution is 7.80. The fraction of sp³-hybridized carbons (Fsp3) is 0.211. The number of benzene rings is 2. The van der Waals surface area contributed by atoms with E-state index in [0.29, 0.717) is 11.4 Å². The molecule has 2 aromatic rings. The Kier molecular flexibility index (Phi) is 6.05. The fourth-order valence-corrected chi connectivity index (χ4v) is 2.18. The first-order valence-electron chi connectivity index (χ1n) is 7.95. The summed E-state index contributed by atoms with van der Waals surface area (Å²) in [6, 6.07) is 12.5. The average Bonchev–Trinajstić information content (AvgIpc) is 2.54. The second kappa shape index (κ2) is 8.05.